The van der Waals surface area contributed by atoms with E-state index < -0.39 is 26.8 Å². The van der Waals surface area contributed by atoms with Crippen molar-refractivity contribution < 1.29 is 20.9 Å². The van der Waals surface area contributed by atoms with Crippen molar-refractivity contribution in [2.75, 3.05) is 0 Å². The van der Waals surface area contributed by atoms with Crippen molar-refractivity contribution in [1.82, 2.24) is 0 Å². The van der Waals surface area contributed by atoms with Crippen LogP contribution in [0.2, 0.25) is 13.1 Å². The van der Waals surface area contributed by atoms with Gasteiger partial charge in [0.05, 0.1) is 0 Å². The first-order valence-electron chi connectivity index (χ1n) is 11.5. The van der Waals surface area contributed by atoms with E-state index >= 15 is 0 Å². The van der Waals surface area contributed by atoms with Crippen LogP contribution in [0.4, 0.5) is 0 Å². The van der Waals surface area contributed by atoms with Crippen molar-refractivity contribution >= 4 is 5.92 Å². The van der Waals surface area contributed by atoms with Gasteiger partial charge in [-0.1, -0.05) is 0 Å². The number of fused-ring (bicyclic) bond motifs is 3. The van der Waals surface area contributed by atoms with Crippen LogP contribution in [0.1, 0.15) is 73.8 Å². The maximum atomic E-state index is 2.63. The van der Waals surface area contributed by atoms with E-state index in [0.29, 0.717) is 3.63 Å². The third-order valence-corrected chi connectivity index (χ3v) is 27.2. The predicted molar refractivity (Wildman–Crippen MR) is 132 cm³/mol. The second-order valence-corrected chi connectivity index (χ2v) is 31.2. The number of hydrogen-bond acceptors (Lipinski definition) is 0. The number of rotatable bonds is 3. The van der Waals surface area contributed by atoms with E-state index in [0.717, 1.165) is 0 Å². The van der Waals surface area contributed by atoms with E-state index in [1.54, 1.807) is 11.1 Å². The van der Waals surface area contributed by atoms with Crippen LogP contribution in [-0.2, 0) is 31.7 Å². The van der Waals surface area contributed by atoms with Gasteiger partial charge in [-0.3, -0.25) is 0 Å². The van der Waals surface area contributed by atoms with Crippen LogP contribution in [0.25, 0.3) is 11.1 Å². The number of benzene rings is 2. The molecule has 2 heteroatoms. The summed E-state index contributed by atoms with van der Waals surface area (Å²) in [4.78, 5) is 0. The van der Waals surface area contributed by atoms with Crippen LogP contribution in [0.15, 0.2) is 57.9 Å². The van der Waals surface area contributed by atoms with Gasteiger partial charge in [0, 0.05) is 0 Å². The molecule has 2 aliphatic carbocycles. The first-order valence-corrected chi connectivity index (χ1v) is 21.3. The van der Waals surface area contributed by atoms with Crippen LogP contribution in [0, 0.1) is 0 Å². The Balaban J connectivity index is 1.95. The first-order chi connectivity index (χ1) is 14.0. The molecule has 0 fully saturated rings. The summed E-state index contributed by atoms with van der Waals surface area (Å²) in [6, 6.07) is 14.8. The molecule has 0 heterocycles. The zero-order valence-corrected chi connectivity index (χ0v) is 23.7. The molecule has 0 bridgehead atoms. The van der Waals surface area contributed by atoms with Crippen LogP contribution in [0.5, 0.6) is 0 Å². The van der Waals surface area contributed by atoms with Crippen molar-refractivity contribution in [2.45, 2.75) is 75.5 Å². The minimum absolute atomic E-state index is 0.192. The van der Waals surface area contributed by atoms with E-state index in [2.05, 4.69) is 109 Å². The summed E-state index contributed by atoms with van der Waals surface area (Å²) >= 11 is -1.83. The van der Waals surface area contributed by atoms with Gasteiger partial charge >= 0.3 is 194 Å². The van der Waals surface area contributed by atoms with Gasteiger partial charge in [0.15, 0.2) is 0 Å². The molecule has 30 heavy (non-hydrogen) atoms. The molecule has 0 atom stereocenters. The summed E-state index contributed by atoms with van der Waals surface area (Å²) in [6.07, 6.45) is 8.43. The number of allylic oxidation sites excluding steroid dienone is 4. The molecule has 0 unspecified atom stereocenters. The normalized spacial score (nSPS) is 16.1. The fraction of sp³-hybridized carbons (Fsp3) is 0.429. The summed E-state index contributed by atoms with van der Waals surface area (Å²) in [6.45, 7) is 19.4. The summed E-state index contributed by atoms with van der Waals surface area (Å²) in [7, 11) is 0. The molecule has 0 aliphatic heterocycles. The molecule has 2 aliphatic rings. The van der Waals surface area contributed by atoms with Crippen LogP contribution in [-0.4, -0.2) is 5.92 Å². The molecule has 0 aromatic heterocycles. The van der Waals surface area contributed by atoms with Gasteiger partial charge in [-0.05, 0) is 0 Å². The molecule has 0 radical (unpaired) electrons. The average molecular weight is 493 g/mol. The van der Waals surface area contributed by atoms with Gasteiger partial charge in [-0.2, -0.15) is 0 Å². The zero-order chi connectivity index (χ0) is 21.8. The van der Waals surface area contributed by atoms with E-state index in [-0.39, 0.29) is 10.8 Å². The minimum atomic E-state index is -1.83. The van der Waals surface area contributed by atoms with Gasteiger partial charge in [0.1, 0.15) is 0 Å². The van der Waals surface area contributed by atoms with E-state index in [4.69, 9.17) is 0 Å². The second-order valence-electron chi connectivity index (χ2n) is 11.5. The van der Waals surface area contributed by atoms with Gasteiger partial charge < -0.3 is 0 Å². The van der Waals surface area contributed by atoms with Crippen LogP contribution < -0.4 is 0 Å². The van der Waals surface area contributed by atoms with E-state index in [9.17, 15) is 0 Å². The SMILES string of the molecule is C[SiH](C)[Zr]([C]1=CC=CC1)[CH]1c2cc(C(C)(C)C)ccc2-c2ccc(C(C)(C)C)cc21. The second kappa shape index (κ2) is 7.86. The van der Waals surface area contributed by atoms with E-state index in [1.807, 2.05) is 3.28 Å². The Bertz CT molecular complexity index is 964. The van der Waals surface area contributed by atoms with Crippen molar-refractivity contribution in [3.63, 3.8) is 0 Å². The Hall–Kier alpha value is -0.980. The predicted octanol–water partition coefficient (Wildman–Crippen LogP) is 7.80. The molecule has 157 valence electrons. The van der Waals surface area contributed by atoms with Crippen molar-refractivity contribution in [1.29, 1.82) is 0 Å². The summed E-state index contributed by atoms with van der Waals surface area (Å²) in [5.74, 6) is -0.736. The molecule has 2 aromatic carbocycles. The fourth-order valence-corrected chi connectivity index (χ4v) is 25.6. The molecule has 0 saturated heterocycles. The molecule has 4 rings (SSSR count). The standard InChI is InChI=1S/C21H25.C5H5.C2H7Si.Zr/c1-20(2,3)16-7-9-18-14(12-16)11-15-13-17(21(4,5)6)8-10-19(15)18;1-2-4-5-3-1;1-3-2;/h7-13H,1-6H3;1-3H,4H2;3H,1-2H3;. The molecule has 0 saturated carbocycles. The van der Waals surface area contributed by atoms with Crippen molar-refractivity contribution in [3.8, 4) is 11.1 Å². The third kappa shape index (κ3) is 3.95. The van der Waals surface area contributed by atoms with Gasteiger partial charge in [-0.25, -0.2) is 0 Å². The Morgan fingerprint density at radius 2 is 1.30 bits per heavy atom. The first kappa shape index (κ1) is 22.2. The monoisotopic (exact) mass is 491 g/mol. The fourth-order valence-electron chi connectivity index (χ4n) is 5.08. The molecular formula is C28H37SiZr. The summed E-state index contributed by atoms with van der Waals surface area (Å²) < 4.78 is 2.55. The van der Waals surface area contributed by atoms with Gasteiger partial charge in [0.25, 0.3) is 0 Å². The zero-order valence-electron chi connectivity index (χ0n) is 20.1. The number of hydrogen-bond donors (Lipinski definition) is 0. The van der Waals surface area contributed by atoms with Crippen LogP contribution >= 0.6 is 0 Å². The molecule has 0 N–H and O–H groups in total. The van der Waals surface area contributed by atoms with Gasteiger partial charge in [0.2, 0.25) is 0 Å². The third-order valence-electron chi connectivity index (χ3n) is 6.82. The molecule has 0 nitrogen and oxygen atoms in total. The Kier molecular flexibility index (Phi) is 5.82. The molecule has 0 spiro atoms. The van der Waals surface area contributed by atoms with E-state index in [1.165, 1.54) is 28.7 Å². The Labute approximate surface area is 192 Å². The van der Waals surface area contributed by atoms with Crippen LogP contribution in [0.3, 0.4) is 0 Å². The van der Waals surface area contributed by atoms with Crippen molar-refractivity contribution in [3.05, 3.63) is 80.2 Å². The molecule has 2 aromatic rings. The molecule has 0 amide bonds. The van der Waals surface area contributed by atoms with Gasteiger partial charge in [-0.15, -0.1) is 0 Å². The average Bonchev–Trinajstić information content (AvgIpc) is 3.27. The van der Waals surface area contributed by atoms with Crippen molar-refractivity contribution in [2.24, 2.45) is 0 Å². The molecular weight excluding hydrogens is 456 g/mol. The maximum absolute atomic E-state index is 2.63. The summed E-state index contributed by atoms with van der Waals surface area (Å²) in [5.41, 5.74) is 9.71. The Morgan fingerprint density at radius 1 is 0.800 bits per heavy atom. The Morgan fingerprint density at radius 3 is 1.67 bits per heavy atom. The topological polar surface area (TPSA) is 0 Å². The summed E-state index contributed by atoms with van der Waals surface area (Å²) in [5, 5.41) is 0. The quantitative estimate of drug-likeness (QED) is 0.383.